The van der Waals surface area contributed by atoms with E-state index in [-0.39, 0.29) is 36.4 Å². The van der Waals surface area contributed by atoms with Gasteiger partial charge in [0.2, 0.25) is 15.9 Å². The molecule has 0 aliphatic carbocycles. The smallest absolute Gasteiger partial charge is 0.271 e. The number of nitrogens with zero attached hydrogens (tertiary/aromatic N) is 2. The van der Waals surface area contributed by atoms with Crippen LogP contribution in [0.1, 0.15) is 18.4 Å². The quantitative estimate of drug-likeness (QED) is 0.550. The minimum atomic E-state index is -3.49. The fourth-order valence-electron chi connectivity index (χ4n) is 3.22. The van der Waals surface area contributed by atoms with Gasteiger partial charge < -0.3 is 5.32 Å². The normalized spacial score (nSPS) is 15.8. The van der Waals surface area contributed by atoms with Crippen molar-refractivity contribution >= 4 is 38.9 Å². The molecule has 0 aromatic heterocycles. The largest absolute Gasteiger partial charge is 0.326 e. The standard InChI is InChI=1S/C19H20ClN3O5S/c20-16-6-4-14(5-7-16)13-29(27,28)22-10-8-15(9-11-22)19(24)21-17-2-1-3-18(12-17)23(25)26/h1-7,12,15H,8-11,13H2,(H,21,24). The second kappa shape index (κ2) is 8.89. The zero-order valence-electron chi connectivity index (χ0n) is 15.5. The van der Waals surface area contributed by atoms with Gasteiger partial charge in [-0.15, -0.1) is 0 Å². The molecule has 2 aromatic rings. The molecule has 8 nitrogen and oxygen atoms in total. The fraction of sp³-hybridized carbons (Fsp3) is 0.316. The summed E-state index contributed by atoms with van der Waals surface area (Å²) < 4.78 is 26.7. The van der Waals surface area contributed by atoms with Gasteiger partial charge in [0.25, 0.3) is 5.69 Å². The monoisotopic (exact) mass is 437 g/mol. The second-order valence-corrected chi connectivity index (χ2v) is 9.26. The third-order valence-corrected chi connectivity index (χ3v) is 6.91. The van der Waals surface area contributed by atoms with Gasteiger partial charge in [0.15, 0.2) is 0 Å². The number of anilines is 1. The van der Waals surface area contributed by atoms with E-state index >= 15 is 0 Å². The molecule has 3 rings (SSSR count). The van der Waals surface area contributed by atoms with Crippen LogP contribution in [0.25, 0.3) is 0 Å². The number of halogens is 1. The lowest BCUT2D eigenvalue weighted by atomic mass is 9.97. The lowest BCUT2D eigenvalue weighted by molar-refractivity contribution is -0.384. The number of piperidine rings is 1. The second-order valence-electron chi connectivity index (χ2n) is 6.85. The van der Waals surface area contributed by atoms with Crippen molar-refractivity contribution in [2.75, 3.05) is 18.4 Å². The maximum Gasteiger partial charge on any atom is 0.271 e. The molecule has 0 radical (unpaired) electrons. The maximum absolute atomic E-state index is 12.6. The first-order valence-electron chi connectivity index (χ1n) is 9.02. The summed E-state index contributed by atoms with van der Waals surface area (Å²) in [6.07, 6.45) is 0.779. The van der Waals surface area contributed by atoms with E-state index < -0.39 is 14.9 Å². The van der Waals surface area contributed by atoms with Gasteiger partial charge in [0, 0.05) is 41.9 Å². The zero-order chi connectivity index (χ0) is 21.0. The van der Waals surface area contributed by atoms with Gasteiger partial charge in [-0.1, -0.05) is 29.8 Å². The number of nitro groups is 1. The highest BCUT2D eigenvalue weighted by molar-refractivity contribution is 7.88. The molecule has 1 N–H and O–H groups in total. The van der Waals surface area contributed by atoms with Crippen LogP contribution in [-0.4, -0.2) is 36.6 Å². The topological polar surface area (TPSA) is 110 Å². The molecular weight excluding hydrogens is 418 g/mol. The number of nitrogens with one attached hydrogen (secondary N) is 1. The van der Waals surface area contributed by atoms with Crippen molar-refractivity contribution in [2.45, 2.75) is 18.6 Å². The Balaban J connectivity index is 1.56. The van der Waals surface area contributed by atoms with Gasteiger partial charge in [0.05, 0.1) is 10.7 Å². The number of hydrogen-bond acceptors (Lipinski definition) is 5. The van der Waals surface area contributed by atoms with E-state index in [4.69, 9.17) is 11.6 Å². The van der Waals surface area contributed by atoms with Gasteiger partial charge in [-0.25, -0.2) is 12.7 Å². The van der Waals surface area contributed by atoms with Gasteiger partial charge in [-0.05, 0) is 36.6 Å². The summed E-state index contributed by atoms with van der Waals surface area (Å²) in [5.74, 6) is -0.731. The van der Waals surface area contributed by atoms with E-state index in [0.29, 0.717) is 29.1 Å². The van der Waals surface area contributed by atoms with Crippen LogP contribution >= 0.6 is 11.6 Å². The number of benzene rings is 2. The van der Waals surface area contributed by atoms with E-state index in [9.17, 15) is 23.3 Å². The molecule has 10 heteroatoms. The van der Waals surface area contributed by atoms with Gasteiger partial charge in [-0.3, -0.25) is 14.9 Å². The Hall–Kier alpha value is -2.49. The van der Waals surface area contributed by atoms with Crippen molar-refractivity contribution in [1.82, 2.24) is 4.31 Å². The molecule has 0 spiro atoms. The minimum Gasteiger partial charge on any atom is -0.326 e. The lowest BCUT2D eigenvalue weighted by Crippen LogP contribution is -2.41. The van der Waals surface area contributed by atoms with E-state index in [2.05, 4.69) is 5.32 Å². The van der Waals surface area contributed by atoms with Crippen LogP contribution in [0.3, 0.4) is 0 Å². The molecular formula is C19H20ClN3O5S. The highest BCUT2D eigenvalue weighted by atomic mass is 35.5. The molecule has 1 saturated heterocycles. The Morgan fingerprint density at radius 1 is 1.17 bits per heavy atom. The molecule has 1 amide bonds. The third kappa shape index (κ3) is 5.53. The van der Waals surface area contributed by atoms with E-state index in [1.807, 2.05) is 0 Å². The average molecular weight is 438 g/mol. The zero-order valence-corrected chi connectivity index (χ0v) is 17.0. The maximum atomic E-state index is 12.6. The molecule has 0 atom stereocenters. The first-order valence-corrected chi connectivity index (χ1v) is 11.0. The van der Waals surface area contributed by atoms with Crippen molar-refractivity contribution in [3.8, 4) is 0 Å². The Kier molecular flexibility index (Phi) is 6.51. The first-order chi connectivity index (χ1) is 13.7. The molecule has 2 aromatic carbocycles. The fourth-order valence-corrected chi connectivity index (χ4v) is 4.91. The van der Waals surface area contributed by atoms with Crippen LogP contribution in [0.5, 0.6) is 0 Å². The van der Waals surface area contributed by atoms with E-state index in [1.165, 1.54) is 22.5 Å². The molecule has 1 heterocycles. The first kappa shape index (κ1) is 21.2. The van der Waals surface area contributed by atoms with Crippen molar-refractivity contribution in [2.24, 2.45) is 5.92 Å². The van der Waals surface area contributed by atoms with Crippen molar-refractivity contribution < 1.29 is 18.1 Å². The Bertz CT molecular complexity index is 1000. The minimum absolute atomic E-state index is 0.106. The van der Waals surface area contributed by atoms with Gasteiger partial charge in [-0.2, -0.15) is 0 Å². The van der Waals surface area contributed by atoms with Crippen molar-refractivity contribution in [3.63, 3.8) is 0 Å². The number of non-ortho nitro benzene ring substituents is 1. The van der Waals surface area contributed by atoms with Crippen molar-refractivity contribution in [1.29, 1.82) is 0 Å². The number of nitro benzene ring substituents is 1. The van der Waals surface area contributed by atoms with Crippen LogP contribution < -0.4 is 5.32 Å². The molecule has 154 valence electrons. The number of rotatable bonds is 6. The highest BCUT2D eigenvalue weighted by Gasteiger charge is 2.31. The summed E-state index contributed by atoms with van der Waals surface area (Å²) in [6.45, 7) is 0.506. The SMILES string of the molecule is O=C(Nc1cccc([N+](=O)[O-])c1)C1CCN(S(=O)(=O)Cc2ccc(Cl)cc2)CC1. The third-order valence-electron chi connectivity index (χ3n) is 4.80. The van der Waals surface area contributed by atoms with Crippen LogP contribution in [0.4, 0.5) is 11.4 Å². The molecule has 1 aliphatic rings. The summed E-state index contributed by atoms with van der Waals surface area (Å²) in [7, 11) is -3.49. The Morgan fingerprint density at radius 2 is 1.83 bits per heavy atom. The molecule has 0 saturated carbocycles. The number of sulfonamides is 1. The Labute approximate surface area is 173 Å². The summed E-state index contributed by atoms with van der Waals surface area (Å²) >= 11 is 5.83. The summed E-state index contributed by atoms with van der Waals surface area (Å²) in [4.78, 5) is 22.8. The van der Waals surface area contributed by atoms with Crippen LogP contribution in [0, 0.1) is 16.0 Å². The summed E-state index contributed by atoms with van der Waals surface area (Å²) in [5.41, 5.74) is 0.896. The predicted molar refractivity (Wildman–Crippen MR) is 110 cm³/mol. The number of carbonyl (C=O) groups excluding carboxylic acids is 1. The molecule has 0 bridgehead atoms. The van der Waals surface area contributed by atoms with Crippen molar-refractivity contribution in [3.05, 3.63) is 69.2 Å². The number of hydrogen-bond donors (Lipinski definition) is 1. The van der Waals surface area contributed by atoms with Gasteiger partial charge in [0.1, 0.15) is 0 Å². The predicted octanol–water partition coefficient (Wildman–Crippen LogP) is 3.43. The average Bonchev–Trinajstić information content (AvgIpc) is 2.70. The number of amides is 1. The molecule has 1 aliphatic heterocycles. The molecule has 0 unspecified atom stereocenters. The van der Waals surface area contributed by atoms with Crippen LogP contribution in [0.2, 0.25) is 5.02 Å². The van der Waals surface area contributed by atoms with Crippen LogP contribution in [0.15, 0.2) is 48.5 Å². The summed E-state index contributed by atoms with van der Waals surface area (Å²) in [5, 5.41) is 14.1. The van der Waals surface area contributed by atoms with E-state index in [1.54, 1.807) is 30.3 Å². The van der Waals surface area contributed by atoms with Gasteiger partial charge >= 0.3 is 0 Å². The lowest BCUT2D eigenvalue weighted by Gasteiger charge is -2.30. The molecule has 29 heavy (non-hydrogen) atoms. The van der Waals surface area contributed by atoms with E-state index in [0.717, 1.165) is 0 Å². The van der Waals surface area contributed by atoms with Crippen LogP contribution in [-0.2, 0) is 20.6 Å². The highest BCUT2D eigenvalue weighted by Crippen LogP contribution is 2.24. The number of carbonyl (C=O) groups is 1. The Morgan fingerprint density at radius 3 is 2.45 bits per heavy atom. The summed E-state index contributed by atoms with van der Waals surface area (Å²) in [6, 6.07) is 12.4. The molecule has 1 fully saturated rings.